The summed E-state index contributed by atoms with van der Waals surface area (Å²) in [5, 5.41) is 4.71. The zero-order chi connectivity index (χ0) is 13.8. The molecule has 2 heterocycles. The fourth-order valence-corrected chi connectivity index (χ4v) is 2.79. The fraction of sp³-hybridized carbons (Fsp3) is 0.800. The van der Waals surface area contributed by atoms with Crippen LogP contribution in [0.25, 0.3) is 0 Å². The van der Waals surface area contributed by atoms with Crippen LogP contribution in [0.4, 0.5) is 0 Å². The summed E-state index contributed by atoms with van der Waals surface area (Å²) < 4.78 is 7.60. The number of hydrogen-bond acceptors (Lipinski definition) is 3. The Morgan fingerprint density at radius 3 is 2.68 bits per heavy atom. The van der Waals surface area contributed by atoms with Crippen molar-refractivity contribution in [1.82, 2.24) is 9.78 Å². The van der Waals surface area contributed by atoms with Gasteiger partial charge in [-0.3, -0.25) is 4.68 Å². The van der Waals surface area contributed by atoms with Gasteiger partial charge in [0.25, 0.3) is 0 Å². The molecule has 1 saturated heterocycles. The maximum atomic E-state index is 6.08. The molecule has 0 saturated carbocycles. The van der Waals surface area contributed by atoms with Crippen molar-refractivity contribution in [2.75, 3.05) is 13.2 Å². The second kappa shape index (κ2) is 6.53. The van der Waals surface area contributed by atoms with Crippen molar-refractivity contribution in [3.63, 3.8) is 0 Å². The minimum Gasteiger partial charge on any atom is -0.381 e. The minimum absolute atomic E-state index is 0.248. The monoisotopic (exact) mass is 265 g/mol. The van der Waals surface area contributed by atoms with Crippen molar-refractivity contribution in [3.05, 3.63) is 17.0 Å². The predicted octanol–water partition coefficient (Wildman–Crippen LogP) is 2.21. The van der Waals surface area contributed by atoms with Gasteiger partial charge in [0.05, 0.1) is 5.69 Å². The summed E-state index contributed by atoms with van der Waals surface area (Å²) in [4.78, 5) is 0. The van der Waals surface area contributed by atoms with Crippen molar-refractivity contribution in [1.29, 1.82) is 0 Å². The largest absolute Gasteiger partial charge is 0.381 e. The lowest BCUT2D eigenvalue weighted by atomic mass is 10.00. The molecule has 1 aliphatic heterocycles. The van der Waals surface area contributed by atoms with Crippen LogP contribution in [0.2, 0.25) is 0 Å². The molecule has 1 fully saturated rings. The zero-order valence-corrected chi connectivity index (χ0v) is 12.5. The molecule has 1 unspecified atom stereocenters. The average Bonchev–Trinajstić information content (AvgIpc) is 2.67. The number of ether oxygens (including phenoxy) is 1. The predicted molar refractivity (Wildman–Crippen MR) is 77.2 cm³/mol. The Balaban J connectivity index is 2.06. The second-order valence-corrected chi connectivity index (χ2v) is 5.76. The summed E-state index contributed by atoms with van der Waals surface area (Å²) in [6, 6.07) is 0.248. The lowest BCUT2D eigenvalue weighted by Gasteiger charge is -2.22. The summed E-state index contributed by atoms with van der Waals surface area (Å²) >= 11 is 0. The summed E-state index contributed by atoms with van der Waals surface area (Å²) in [6.07, 6.45) is 4.27. The second-order valence-electron chi connectivity index (χ2n) is 5.76. The van der Waals surface area contributed by atoms with Gasteiger partial charge in [-0.1, -0.05) is 6.92 Å². The Labute approximate surface area is 116 Å². The van der Waals surface area contributed by atoms with E-state index in [4.69, 9.17) is 15.6 Å². The van der Waals surface area contributed by atoms with E-state index in [2.05, 4.69) is 25.5 Å². The van der Waals surface area contributed by atoms with E-state index in [1.165, 1.54) is 11.3 Å². The summed E-state index contributed by atoms with van der Waals surface area (Å²) in [7, 11) is 0. The highest BCUT2D eigenvalue weighted by Crippen LogP contribution is 2.21. The van der Waals surface area contributed by atoms with Crippen molar-refractivity contribution in [3.8, 4) is 0 Å². The van der Waals surface area contributed by atoms with Gasteiger partial charge in [0, 0.05) is 31.5 Å². The molecule has 0 amide bonds. The van der Waals surface area contributed by atoms with Gasteiger partial charge in [-0.15, -0.1) is 0 Å². The molecule has 1 aromatic rings. The minimum atomic E-state index is 0.248. The van der Waals surface area contributed by atoms with E-state index >= 15 is 0 Å². The molecule has 1 atom stereocenters. The van der Waals surface area contributed by atoms with E-state index in [-0.39, 0.29) is 6.04 Å². The topological polar surface area (TPSA) is 53.1 Å². The quantitative estimate of drug-likeness (QED) is 0.888. The molecule has 4 nitrogen and oxygen atoms in total. The first kappa shape index (κ1) is 14.5. The maximum absolute atomic E-state index is 6.08. The lowest BCUT2D eigenvalue weighted by molar-refractivity contribution is 0.0599. The molecule has 0 bridgehead atoms. The van der Waals surface area contributed by atoms with Crippen LogP contribution < -0.4 is 5.73 Å². The van der Waals surface area contributed by atoms with Gasteiger partial charge in [-0.25, -0.2) is 0 Å². The molecule has 0 aromatic carbocycles. The summed E-state index contributed by atoms with van der Waals surface area (Å²) in [5.74, 6) is 0.708. The van der Waals surface area contributed by atoms with Gasteiger partial charge < -0.3 is 10.5 Å². The molecule has 0 radical (unpaired) electrons. The van der Waals surface area contributed by atoms with Crippen LogP contribution in [0, 0.1) is 19.8 Å². The van der Waals surface area contributed by atoms with Gasteiger partial charge in [-0.05, 0) is 51.0 Å². The third-order valence-electron chi connectivity index (χ3n) is 4.29. The highest BCUT2D eigenvalue weighted by molar-refractivity contribution is 5.25. The molecule has 1 aliphatic rings. The molecule has 4 heteroatoms. The van der Waals surface area contributed by atoms with Crippen molar-refractivity contribution in [2.45, 2.75) is 59.0 Å². The highest BCUT2D eigenvalue weighted by atomic mass is 16.5. The molecule has 108 valence electrons. The molecule has 19 heavy (non-hydrogen) atoms. The third kappa shape index (κ3) is 3.57. The first-order valence-corrected chi connectivity index (χ1v) is 7.48. The van der Waals surface area contributed by atoms with Gasteiger partial charge in [-0.2, -0.15) is 5.10 Å². The van der Waals surface area contributed by atoms with E-state index in [0.717, 1.165) is 51.1 Å². The van der Waals surface area contributed by atoms with Gasteiger partial charge >= 0.3 is 0 Å². The molecule has 2 N–H and O–H groups in total. The average molecular weight is 265 g/mol. The zero-order valence-electron chi connectivity index (χ0n) is 12.5. The van der Waals surface area contributed by atoms with E-state index in [0.29, 0.717) is 5.92 Å². The fourth-order valence-electron chi connectivity index (χ4n) is 2.79. The van der Waals surface area contributed by atoms with Crippen molar-refractivity contribution >= 4 is 0 Å². The van der Waals surface area contributed by atoms with Gasteiger partial charge in [0.2, 0.25) is 0 Å². The maximum Gasteiger partial charge on any atom is 0.0629 e. The van der Waals surface area contributed by atoms with Crippen LogP contribution in [-0.2, 0) is 17.7 Å². The smallest absolute Gasteiger partial charge is 0.0629 e. The SMILES string of the molecule is CCC(N)Cc1c(C)nn(CC2CCOCC2)c1C. The van der Waals surface area contributed by atoms with Crippen molar-refractivity contribution < 1.29 is 4.74 Å². The van der Waals surface area contributed by atoms with E-state index in [1.54, 1.807) is 0 Å². The standard InChI is InChI=1S/C15H27N3O/c1-4-14(16)9-15-11(2)17-18(12(15)3)10-13-5-7-19-8-6-13/h13-14H,4-10,16H2,1-3H3. The third-order valence-corrected chi connectivity index (χ3v) is 4.29. The van der Waals surface area contributed by atoms with Crippen LogP contribution in [0.5, 0.6) is 0 Å². The first-order chi connectivity index (χ1) is 9.11. The lowest BCUT2D eigenvalue weighted by Crippen LogP contribution is -2.23. The number of hydrogen-bond donors (Lipinski definition) is 1. The normalized spacial score (nSPS) is 18.7. The Kier molecular flexibility index (Phi) is 4.99. The number of aryl methyl sites for hydroxylation is 1. The number of nitrogens with two attached hydrogens (primary N) is 1. The van der Waals surface area contributed by atoms with Crippen molar-refractivity contribution in [2.24, 2.45) is 11.7 Å². The van der Waals surface area contributed by atoms with E-state index < -0.39 is 0 Å². The van der Waals surface area contributed by atoms with Crippen LogP contribution in [0.1, 0.15) is 43.1 Å². The Morgan fingerprint density at radius 2 is 2.05 bits per heavy atom. The molecule has 0 spiro atoms. The van der Waals surface area contributed by atoms with Crippen LogP contribution in [0.15, 0.2) is 0 Å². The van der Waals surface area contributed by atoms with Gasteiger partial charge in [0.1, 0.15) is 0 Å². The number of nitrogens with zero attached hydrogens (tertiary/aromatic N) is 2. The molecular formula is C15H27N3O. The van der Waals surface area contributed by atoms with E-state index in [1.807, 2.05) is 0 Å². The Morgan fingerprint density at radius 1 is 1.37 bits per heavy atom. The van der Waals surface area contributed by atoms with E-state index in [9.17, 15) is 0 Å². The number of rotatable bonds is 5. The molecule has 1 aromatic heterocycles. The molecule has 2 rings (SSSR count). The van der Waals surface area contributed by atoms with Crippen LogP contribution >= 0.6 is 0 Å². The Hall–Kier alpha value is -0.870. The summed E-state index contributed by atoms with van der Waals surface area (Å²) in [6.45, 7) is 9.25. The number of aromatic nitrogens is 2. The van der Waals surface area contributed by atoms with Gasteiger partial charge in [0.15, 0.2) is 0 Å². The highest BCUT2D eigenvalue weighted by Gasteiger charge is 2.18. The molecule has 0 aliphatic carbocycles. The summed E-state index contributed by atoms with van der Waals surface area (Å²) in [5.41, 5.74) is 9.88. The van der Waals surface area contributed by atoms with Crippen LogP contribution in [0.3, 0.4) is 0 Å². The molecular weight excluding hydrogens is 238 g/mol. The Bertz CT molecular complexity index is 408. The van der Waals surface area contributed by atoms with Crippen LogP contribution in [-0.4, -0.2) is 29.0 Å². The first-order valence-electron chi connectivity index (χ1n) is 7.48.